The normalized spacial score (nSPS) is 17.4. The number of carbonyl (C=O) groups excluding carboxylic acids is 2. The molecule has 2 aromatic carbocycles. The fourth-order valence-electron chi connectivity index (χ4n) is 3.95. The number of nitrogens with one attached hydrogen (secondary N) is 1. The van der Waals surface area contributed by atoms with Gasteiger partial charge in [-0.2, -0.15) is 0 Å². The van der Waals surface area contributed by atoms with E-state index in [-0.39, 0.29) is 5.78 Å². The number of esters is 1. The Morgan fingerprint density at radius 3 is 2.48 bits per heavy atom. The van der Waals surface area contributed by atoms with Crippen molar-refractivity contribution in [3.8, 4) is 5.75 Å². The quantitative estimate of drug-likeness (QED) is 0.621. The average molecular weight is 387 g/mol. The first-order valence-electron chi connectivity index (χ1n) is 9.34. The molecule has 1 N–H and O–H groups in total. The maximum atomic E-state index is 13.3. The van der Waals surface area contributed by atoms with Gasteiger partial charge < -0.3 is 14.8 Å². The zero-order valence-electron chi connectivity index (χ0n) is 16.3. The second-order valence-electron chi connectivity index (χ2n) is 6.92. The monoisotopic (exact) mass is 387 g/mol. The average Bonchev–Trinajstić information content (AvgIpc) is 3.03. The lowest BCUT2D eigenvalue weighted by Crippen LogP contribution is -2.29. The highest BCUT2D eigenvalue weighted by atomic mass is 16.5. The van der Waals surface area contributed by atoms with Crippen molar-refractivity contribution in [3.63, 3.8) is 0 Å². The van der Waals surface area contributed by atoms with E-state index in [1.807, 2.05) is 55.5 Å². The third-order valence-corrected chi connectivity index (χ3v) is 5.24. The van der Waals surface area contributed by atoms with Gasteiger partial charge in [0.15, 0.2) is 5.78 Å². The number of carbonyl (C=O) groups is 2. The van der Waals surface area contributed by atoms with Gasteiger partial charge in [0.1, 0.15) is 12.4 Å². The molecule has 146 valence electrons. The summed E-state index contributed by atoms with van der Waals surface area (Å²) in [5.74, 6) is -0.360. The minimum absolute atomic E-state index is 0.0750. The highest BCUT2D eigenvalue weighted by Gasteiger charge is 2.42. The Bertz CT molecular complexity index is 1080. The fourth-order valence-corrected chi connectivity index (χ4v) is 3.95. The minimum atomic E-state index is -0.521. The number of hydrogen-bond acceptors (Lipinski definition) is 5. The molecule has 0 aromatic heterocycles. The number of ether oxygens (including phenoxy) is 2. The zero-order chi connectivity index (χ0) is 20.5. The first-order chi connectivity index (χ1) is 14.1. The van der Waals surface area contributed by atoms with E-state index in [4.69, 9.17) is 9.47 Å². The maximum absolute atomic E-state index is 13.3. The summed E-state index contributed by atoms with van der Waals surface area (Å²) in [6, 6.07) is 14.9. The van der Waals surface area contributed by atoms with Crippen LogP contribution in [-0.4, -0.2) is 25.5 Å². The van der Waals surface area contributed by atoms with E-state index in [0.717, 1.165) is 16.8 Å². The third-order valence-electron chi connectivity index (χ3n) is 5.24. The minimum Gasteiger partial charge on any atom is -0.490 e. The molecule has 0 bridgehead atoms. The molecule has 2 aliphatic rings. The summed E-state index contributed by atoms with van der Waals surface area (Å²) in [5, 5.41) is 3.27. The summed E-state index contributed by atoms with van der Waals surface area (Å²) in [4.78, 5) is 25.9. The van der Waals surface area contributed by atoms with Gasteiger partial charge in [-0.25, -0.2) is 4.79 Å². The van der Waals surface area contributed by atoms with Gasteiger partial charge in [0.2, 0.25) is 0 Å². The van der Waals surface area contributed by atoms with Gasteiger partial charge in [-0.3, -0.25) is 4.79 Å². The van der Waals surface area contributed by atoms with Crippen LogP contribution in [0.1, 0.15) is 34.3 Å². The Balaban J connectivity index is 1.85. The van der Waals surface area contributed by atoms with Crippen LogP contribution in [0.25, 0.3) is 5.70 Å². The molecule has 0 spiro atoms. The predicted octanol–water partition coefficient (Wildman–Crippen LogP) is 3.99. The maximum Gasteiger partial charge on any atom is 0.336 e. The fraction of sp³-hybridized carbons (Fsp3) is 0.167. The highest BCUT2D eigenvalue weighted by molar-refractivity contribution is 6.23. The van der Waals surface area contributed by atoms with Gasteiger partial charge in [-0.1, -0.05) is 49.1 Å². The molecule has 0 fully saturated rings. The Labute approximate surface area is 169 Å². The molecule has 0 amide bonds. The summed E-state index contributed by atoms with van der Waals surface area (Å²) in [6.07, 6.45) is 1.67. The van der Waals surface area contributed by atoms with E-state index >= 15 is 0 Å². The van der Waals surface area contributed by atoms with Gasteiger partial charge in [0.05, 0.1) is 18.4 Å². The SMILES string of the molecule is C=CCOc1ccc([C@H]2C(C(=O)OC)=C(C)NC3=C2C(=O)c2ccccc23)cc1. The highest BCUT2D eigenvalue weighted by Crippen LogP contribution is 2.46. The van der Waals surface area contributed by atoms with Crippen LogP contribution in [0, 0.1) is 0 Å². The van der Waals surface area contributed by atoms with E-state index in [1.165, 1.54) is 7.11 Å². The first-order valence-corrected chi connectivity index (χ1v) is 9.34. The zero-order valence-corrected chi connectivity index (χ0v) is 16.3. The number of Topliss-reactive ketones (excluding diaryl/α,β-unsaturated/α-hetero) is 1. The van der Waals surface area contributed by atoms with Crippen molar-refractivity contribution in [2.45, 2.75) is 12.8 Å². The molecule has 1 aliphatic heterocycles. The van der Waals surface area contributed by atoms with Crippen molar-refractivity contribution < 1.29 is 19.1 Å². The lowest BCUT2D eigenvalue weighted by atomic mass is 9.80. The van der Waals surface area contributed by atoms with E-state index in [0.29, 0.717) is 34.8 Å². The van der Waals surface area contributed by atoms with Gasteiger partial charge >= 0.3 is 5.97 Å². The van der Waals surface area contributed by atoms with Crippen LogP contribution in [0.2, 0.25) is 0 Å². The summed E-state index contributed by atoms with van der Waals surface area (Å²) in [6.45, 7) is 5.88. The van der Waals surface area contributed by atoms with Gasteiger partial charge in [0, 0.05) is 28.3 Å². The summed E-state index contributed by atoms with van der Waals surface area (Å²) in [5.41, 5.74) is 4.76. The van der Waals surface area contributed by atoms with Crippen LogP contribution in [0.5, 0.6) is 5.75 Å². The summed E-state index contributed by atoms with van der Waals surface area (Å²) >= 11 is 0. The molecule has 4 rings (SSSR count). The number of fused-ring (bicyclic) bond motifs is 2. The molecule has 0 unspecified atom stereocenters. The van der Waals surface area contributed by atoms with Crippen LogP contribution in [0.15, 0.2) is 78.0 Å². The predicted molar refractivity (Wildman–Crippen MR) is 110 cm³/mol. The van der Waals surface area contributed by atoms with Crippen molar-refractivity contribution in [1.82, 2.24) is 5.32 Å². The van der Waals surface area contributed by atoms with Crippen LogP contribution < -0.4 is 10.1 Å². The lowest BCUT2D eigenvalue weighted by Gasteiger charge is -2.29. The number of dihydropyridines is 1. The molecular formula is C24H21NO4. The second kappa shape index (κ2) is 7.43. The Morgan fingerprint density at radius 2 is 1.83 bits per heavy atom. The van der Waals surface area contributed by atoms with E-state index in [9.17, 15) is 9.59 Å². The molecule has 2 aromatic rings. The van der Waals surface area contributed by atoms with E-state index < -0.39 is 11.9 Å². The molecule has 1 atom stereocenters. The number of benzene rings is 2. The van der Waals surface area contributed by atoms with Crippen molar-refractivity contribution in [3.05, 3.63) is 94.7 Å². The molecule has 5 heteroatoms. The smallest absolute Gasteiger partial charge is 0.336 e. The number of hydrogen-bond donors (Lipinski definition) is 1. The number of methoxy groups -OCH3 is 1. The Morgan fingerprint density at radius 1 is 1.14 bits per heavy atom. The number of allylic oxidation sites excluding steroid dienone is 2. The van der Waals surface area contributed by atoms with Crippen molar-refractivity contribution in [2.24, 2.45) is 0 Å². The number of rotatable bonds is 5. The summed E-state index contributed by atoms with van der Waals surface area (Å²) < 4.78 is 10.6. The Hall–Kier alpha value is -3.60. The van der Waals surface area contributed by atoms with Crippen LogP contribution in [0.4, 0.5) is 0 Å². The van der Waals surface area contributed by atoms with Crippen LogP contribution in [-0.2, 0) is 9.53 Å². The largest absolute Gasteiger partial charge is 0.490 e. The van der Waals surface area contributed by atoms with Crippen LogP contribution in [0.3, 0.4) is 0 Å². The van der Waals surface area contributed by atoms with Gasteiger partial charge in [-0.15, -0.1) is 0 Å². The first kappa shape index (κ1) is 18.7. The topological polar surface area (TPSA) is 64.6 Å². The molecule has 1 aliphatic carbocycles. The van der Waals surface area contributed by atoms with Gasteiger partial charge in [-0.05, 0) is 24.6 Å². The van der Waals surface area contributed by atoms with Crippen molar-refractivity contribution in [1.29, 1.82) is 0 Å². The van der Waals surface area contributed by atoms with Crippen molar-refractivity contribution in [2.75, 3.05) is 13.7 Å². The third kappa shape index (κ3) is 3.05. The number of ketones is 1. The lowest BCUT2D eigenvalue weighted by molar-refractivity contribution is -0.136. The molecule has 0 saturated carbocycles. The Kier molecular flexibility index (Phi) is 4.80. The molecule has 1 heterocycles. The molecule has 0 saturated heterocycles. The standard InChI is InChI=1S/C24H21NO4/c1-4-13-29-16-11-9-15(10-12-16)20-19(24(27)28-3)14(2)25-22-17-7-5-6-8-18(17)23(26)21(20)22/h4-12,20,25H,1,13H2,2-3H3/t20-/m0/s1. The molecule has 0 radical (unpaired) electrons. The van der Waals surface area contributed by atoms with E-state index in [1.54, 1.807) is 6.08 Å². The van der Waals surface area contributed by atoms with Gasteiger partial charge in [0.25, 0.3) is 0 Å². The van der Waals surface area contributed by atoms with E-state index in [2.05, 4.69) is 11.9 Å². The summed E-state index contributed by atoms with van der Waals surface area (Å²) in [7, 11) is 1.35. The second-order valence-corrected chi connectivity index (χ2v) is 6.92. The molecular weight excluding hydrogens is 366 g/mol. The van der Waals surface area contributed by atoms with Crippen LogP contribution >= 0.6 is 0 Å². The molecule has 29 heavy (non-hydrogen) atoms. The van der Waals surface area contributed by atoms with Crippen molar-refractivity contribution >= 4 is 17.4 Å². The molecule has 5 nitrogen and oxygen atoms in total.